The number of ether oxygens (including phenoxy) is 2. The van der Waals surface area contributed by atoms with Crippen LogP contribution in [0.5, 0.6) is 11.5 Å². The number of fused-ring (bicyclic) bond motifs is 1. The molecule has 1 heterocycles. The number of nitrogens with zero attached hydrogens (tertiary/aromatic N) is 2. The lowest BCUT2D eigenvalue weighted by atomic mass is 10.3. The molecule has 0 unspecified atom stereocenters. The minimum absolute atomic E-state index is 0.00878. The summed E-state index contributed by atoms with van der Waals surface area (Å²) >= 11 is 0. The Bertz CT molecular complexity index is 1200. The minimum Gasteiger partial charge on any atom is -0.457 e. The monoisotopic (exact) mass is 415 g/mol. The summed E-state index contributed by atoms with van der Waals surface area (Å²) in [6.07, 6.45) is 0. The van der Waals surface area contributed by atoms with E-state index in [1.165, 1.54) is 0 Å². The predicted molar refractivity (Wildman–Crippen MR) is 117 cm³/mol. The first-order valence-corrected chi connectivity index (χ1v) is 9.79. The van der Waals surface area contributed by atoms with E-state index in [9.17, 15) is 9.59 Å². The highest BCUT2D eigenvalue weighted by atomic mass is 16.5. The molecular weight excluding hydrogens is 394 g/mol. The van der Waals surface area contributed by atoms with Crippen LogP contribution in [0.25, 0.3) is 11.0 Å². The summed E-state index contributed by atoms with van der Waals surface area (Å²) in [4.78, 5) is 28.8. The van der Waals surface area contributed by atoms with Crippen LogP contribution in [0.1, 0.15) is 5.82 Å². The summed E-state index contributed by atoms with van der Waals surface area (Å²) in [6.45, 7) is 1.45. The second-order valence-electron chi connectivity index (χ2n) is 6.88. The van der Waals surface area contributed by atoms with Crippen LogP contribution in [0.2, 0.25) is 0 Å². The van der Waals surface area contributed by atoms with Gasteiger partial charge in [0.15, 0.2) is 6.61 Å². The molecule has 0 saturated heterocycles. The van der Waals surface area contributed by atoms with Crippen molar-refractivity contribution in [3.8, 4) is 11.5 Å². The van der Waals surface area contributed by atoms with Crippen molar-refractivity contribution in [1.29, 1.82) is 0 Å². The summed E-state index contributed by atoms with van der Waals surface area (Å²) in [5.74, 6) is 1.16. The highest BCUT2D eigenvalue weighted by molar-refractivity contribution is 5.92. The molecule has 0 aliphatic rings. The van der Waals surface area contributed by atoms with Crippen molar-refractivity contribution in [2.24, 2.45) is 0 Å². The molecule has 0 aliphatic carbocycles. The zero-order valence-corrected chi connectivity index (χ0v) is 16.9. The predicted octanol–water partition coefficient (Wildman–Crippen LogP) is 4.32. The number of carbonyl (C=O) groups is 2. The van der Waals surface area contributed by atoms with Gasteiger partial charge < -0.3 is 19.4 Å². The maximum absolute atomic E-state index is 12.2. The molecule has 0 atom stereocenters. The highest BCUT2D eigenvalue weighted by Crippen LogP contribution is 2.22. The van der Waals surface area contributed by atoms with Crippen molar-refractivity contribution in [2.75, 3.05) is 11.9 Å². The fourth-order valence-corrected chi connectivity index (χ4v) is 3.14. The summed E-state index contributed by atoms with van der Waals surface area (Å²) in [5.41, 5.74) is 2.24. The molecule has 0 radical (unpaired) electrons. The quantitative estimate of drug-likeness (QED) is 0.455. The van der Waals surface area contributed by atoms with E-state index < -0.39 is 11.9 Å². The molecule has 0 bridgehead atoms. The van der Waals surface area contributed by atoms with E-state index in [0.717, 1.165) is 16.8 Å². The van der Waals surface area contributed by atoms with Gasteiger partial charge in [0.2, 0.25) is 0 Å². The zero-order chi connectivity index (χ0) is 21.6. The van der Waals surface area contributed by atoms with E-state index in [1.807, 2.05) is 61.5 Å². The summed E-state index contributed by atoms with van der Waals surface area (Å²) in [7, 11) is 0. The Hall–Kier alpha value is -4.13. The number of imidazole rings is 1. The van der Waals surface area contributed by atoms with Gasteiger partial charge in [-0.15, -0.1) is 0 Å². The van der Waals surface area contributed by atoms with Crippen LogP contribution < -0.4 is 10.1 Å². The SMILES string of the molecule is Cc1nc2ccccc2n1CC(=O)OCC(=O)Nc1ccc(Oc2ccccc2)cc1. The summed E-state index contributed by atoms with van der Waals surface area (Å²) in [6, 6.07) is 23.9. The fourth-order valence-electron chi connectivity index (χ4n) is 3.14. The van der Waals surface area contributed by atoms with E-state index >= 15 is 0 Å². The summed E-state index contributed by atoms with van der Waals surface area (Å²) < 4.78 is 12.6. The van der Waals surface area contributed by atoms with Crippen LogP contribution in [0.4, 0.5) is 5.69 Å². The zero-order valence-electron chi connectivity index (χ0n) is 16.9. The Labute approximate surface area is 179 Å². The summed E-state index contributed by atoms with van der Waals surface area (Å²) in [5, 5.41) is 2.70. The number of amides is 1. The average molecular weight is 415 g/mol. The Kier molecular flexibility index (Phi) is 5.93. The molecule has 4 rings (SSSR count). The van der Waals surface area contributed by atoms with Gasteiger partial charge in [-0.1, -0.05) is 30.3 Å². The third-order valence-corrected chi connectivity index (χ3v) is 4.61. The van der Waals surface area contributed by atoms with Gasteiger partial charge in [-0.2, -0.15) is 0 Å². The van der Waals surface area contributed by atoms with E-state index in [4.69, 9.17) is 9.47 Å². The van der Waals surface area contributed by atoms with E-state index in [1.54, 1.807) is 28.8 Å². The lowest BCUT2D eigenvalue weighted by Gasteiger charge is -2.09. The number of aromatic nitrogens is 2. The van der Waals surface area contributed by atoms with Crippen molar-refractivity contribution in [3.05, 3.63) is 84.7 Å². The number of para-hydroxylation sites is 3. The Morgan fingerprint density at radius 3 is 2.35 bits per heavy atom. The van der Waals surface area contributed by atoms with Gasteiger partial charge in [-0.25, -0.2) is 4.98 Å². The highest BCUT2D eigenvalue weighted by Gasteiger charge is 2.13. The lowest BCUT2D eigenvalue weighted by Crippen LogP contribution is -2.23. The van der Waals surface area contributed by atoms with Crippen molar-refractivity contribution >= 4 is 28.6 Å². The molecule has 1 amide bonds. The molecule has 7 heteroatoms. The largest absolute Gasteiger partial charge is 0.457 e. The molecule has 156 valence electrons. The Morgan fingerprint density at radius 1 is 0.903 bits per heavy atom. The molecule has 0 fully saturated rings. The van der Waals surface area contributed by atoms with E-state index in [-0.39, 0.29) is 13.2 Å². The molecule has 1 aromatic heterocycles. The van der Waals surface area contributed by atoms with E-state index in [2.05, 4.69) is 10.3 Å². The van der Waals surface area contributed by atoms with Gasteiger partial charge in [-0.05, 0) is 55.5 Å². The number of carbonyl (C=O) groups excluding carboxylic acids is 2. The van der Waals surface area contributed by atoms with Gasteiger partial charge in [0.25, 0.3) is 5.91 Å². The number of rotatable bonds is 7. The molecule has 31 heavy (non-hydrogen) atoms. The van der Waals surface area contributed by atoms with Gasteiger partial charge in [0.1, 0.15) is 23.9 Å². The number of aryl methyl sites for hydroxylation is 1. The van der Waals surface area contributed by atoms with Crippen LogP contribution in [0, 0.1) is 6.92 Å². The number of esters is 1. The molecule has 7 nitrogen and oxygen atoms in total. The van der Waals surface area contributed by atoms with Crippen molar-refractivity contribution in [2.45, 2.75) is 13.5 Å². The Balaban J connectivity index is 1.28. The van der Waals surface area contributed by atoms with Crippen LogP contribution in [-0.2, 0) is 20.9 Å². The van der Waals surface area contributed by atoms with Crippen molar-refractivity contribution in [3.63, 3.8) is 0 Å². The van der Waals surface area contributed by atoms with Crippen LogP contribution >= 0.6 is 0 Å². The first-order valence-electron chi connectivity index (χ1n) is 9.79. The second kappa shape index (κ2) is 9.13. The third kappa shape index (κ3) is 5.08. The molecule has 1 N–H and O–H groups in total. The molecule has 0 saturated carbocycles. The maximum Gasteiger partial charge on any atom is 0.326 e. The van der Waals surface area contributed by atoms with Crippen LogP contribution in [0.15, 0.2) is 78.9 Å². The number of nitrogens with one attached hydrogen (secondary N) is 1. The van der Waals surface area contributed by atoms with Gasteiger partial charge in [-0.3, -0.25) is 9.59 Å². The molecule has 4 aromatic rings. The first kappa shape index (κ1) is 20.2. The number of hydrogen-bond acceptors (Lipinski definition) is 5. The second-order valence-corrected chi connectivity index (χ2v) is 6.88. The molecule has 0 spiro atoms. The van der Waals surface area contributed by atoms with Crippen LogP contribution in [-0.4, -0.2) is 28.0 Å². The topological polar surface area (TPSA) is 82.5 Å². The fraction of sp³-hybridized carbons (Fsp3) is 0.125. The average Bonchev–Trinajstić information content (AvgIpc) is 3.09. The van der Waals surface area contributed by atoms with Gasteiger partial charge in [0.05, 0.1) is 11.0 Å². The third-order valence-electron chi connectivity index (χ3n) is 4.61. The number of benzene rings is 3. The Morgan fingerprint density at radius 2 is 1.58 bits per heavy atom. The molecule has 0 aliphatic heterocycles. The van der Waals surface area contributed by atoms with Crippen molar-refractivity contribution < 1.29 is 19.1 Å². The first-order chi connectivity index (χ1) is 15.1. The number of anilines is 1. The van der Waals surface area contributed by atoms with Gasteiger partial charge in [0, 0.05) is 5.69 Å². The van der Waals surface area contributed by atoms with Crippen LogP contribution in [0.3, 0.4) is 0 Å². The molecule has 3 aromatic carbocycles. The minimum atomic E-state index is -0.506. The number of hydrogen-bond donors (Lipinski definition) is 1. The maximum atomic E-state index is 12.2. The normalized spacial score (nSPS) is 10.6. The van der Waals surface area contributed by atoms with Crippen molar-refractivity contribution in [1.82, 2.24) is 9.55 Å². The smallest absolute Gasteiger partial charge is 0.326 e. The standard InChI is InChI=1S/C24H21N3O4/c1-17-25-21-9-5-6-10-22(21)27(17)15-24(29)30-16-23(28)26-18-11-13-20(14-12-18)31-19-7-3-2-4-8-19/h2-14H,15-16H2,1H3,(H,26,28). The van der Waals surface area contributed by atoms with E-state index in [0.29, 0.717) is 17.3 Å². The van der Waals surface area contributed by atoms with Gasteiger partial charge >= 0.3 is 5.97 Å². The lowest BCUT2D eigenvalue weighted by molar-refractivity contribution is -0.147. The molecular formula is C24H21N3O4.